The standard InChI is InChI=1S/C35H34NOS.C15H28O2.Ir/c1-20(2)14-27-22(4)38-32-13-12-24(16-29(27)32)28-18-31(36-33-21(3)19-37-34(28)33)25-15-23-10-8-9-11-26(23)30(17-25)35(5,6)7;1-7-14(5,8-2)12(16)11-13(17)15(6,9-3)10-4;/h8-13,16-20H,14H2,1-7H3;11,16H,7-10H2,1-6H3;/q-1;;/b;12-11-;. The van der Waals surface area contributed by atoms with Gasteiger partial charge in [-0.3, -0.25) is 9.78 Å². The monoisotopic (exact) mass is 949 g/mol. The molecule has 6 aromatic rings. The van der Waals surface area contributed by atoms with Gasteiger partial charge in [-0.15, -0.1) is 40.5 Å². The summed E-state index contributed by atoms with van der Waals surface area (Å²) in [7, 11) is 0. The van der Waals surface area contributed by atoms with Gasteiger partial charge in [-0.1, -0.05) is 117 Å². The molecule has 0 saturated carbocycles. The van der Waals surface area contributed by atoms with Crippen LogP contribution < -0.4 is 0 Å². The molecule has 0 aliphatic rings. The number of aliphatic hydroxyl groups excluding tert-OH is 1. The van der Waals surface area contributed by atoms with Crippen molar-refractivity contribution >= 4 is 49.1 Å². The zero-order chi connectivity index (χ0) is 40.5. The van der Waals surface area contributed by atoms with Gasteiger partial charge in [-0.25, -0.2) is 0 Å². The maximum absolute atomic E-state index is 12.2. The molecule has 0 spiro atoms. The number of thiophene rings is 1. The normalized spacial score (nSPS) is 12.6. The Morgan fingerprint density at radius 2 is 1.54 bits per heavy atom. The molecule has 56 heavy (non-hydrogen) atoms. The van der Waals surface area contributed by atoms with E-state index in [1.54, 1.807) is 0 Å². The van der Waals surface area contributed by atoms with Crippen LogP contribution in [0.4, 0.5) is 0 Å². The number of aromatic nitrogens is 1. The van der Waals surface area contributed by atoms with Crippen molar-refractivity contribution in [1.82, 2.24) is 4.98 Å². The van der Waals surface area contributed by atoms with E-state index in [2.05, 4.69) is 109 Å². The van der Waals surface area contributed by atoms with Gasteiger partial charge >= 0.3 is 0 Å². The molecule has 3 heterocycles. The summed E-state index contributed by atoms with van der Waals surface area (Å²) in [6.45, 7) is 27.8. The van der Waals surface area contributed by atoms with Crippen molar-refractivity contribution < 1.29 is 34.4 Å². The quantitative estimate of drug-likeness (QED) is 0.0798. The molecule has 301 valence electrons. The van der Waals surface area contributed by atoms with Crippen LogP contribution in [0.1, 0.15) is 123 Å². The predicted octanol–water partition coefficient (Wildman–Crippen LogP) is 15.1. The van der Waals surface area contributed by atoms with Crippen LogP contribution in [0, 0.1) is 36.7 Å². The Balaban J connectivity index is 0.000000330. The number of fused-ring (bicyclic) bond motifs is 3. The minimum Gasteiger partial charge on any atom is -0.512 e. The van der Waals surface area contributed by atoms with Gasteiger partial charge in [0, 0.05) is 63.4 Å². The molecule has 3 aromatic carbocycles. The molecular weight excluding hydrogens is 887 g/mol. The molecule has 0 fully saturated rings. The molecule has 0 aliphatic carbocycles. The molecule has 0 atom stereocenters. The number of carbonyl (C=O) groups excluding carboxylic acids is 1. The number of ketones is 1. The molecule has 1 radical (unpaired) electrons. The Kier molecular flexibility index (Phi) is 14.4. The molecule has 1 N–H and O–H groups in total. The van der Waals surface area contributed by atoms with Crippen molar-refractivity contribution in [2.24, 2.45) is 16.7 Å². The predicted molar refractivity (Wildman–Crippen MR) is 236 cm³/mol. The molecule has 0 saturated heterocycles. The molecule has 0 bridgehead atoms. The van der Waals surface area contributed by atoms with Crippen molar-refractivity contribution in [2.45, 2.75) is 128 Å². The van der Waals surface area contributed by atoms with Crippen molar-refractivity contribution in [3.8, 4) is 22.4 Å². The fourth-order valence-corrected chi connectivity index (χ4v) is 8.32. The summed E-state index contributed by atoms with van der Waals surface area (Å²) in [5, 5.41) is 13.9. The number of furan rings is 1. The van der Waals surface area contributed by atoms with E-state index in [1.807, 2.05) is 59.1 Å². The number of hydrogen-bond acceptors (Lipinski definition) is 5. The number of benzene rings is 3. The van der Waals surface area contributed by atoms with Crippen molar-refractivity contribution in [1.29, 1.82) is 0 Å². The summed E-state index contributed by atoms with van der Waals surface area (Å²) in [5.41, 5.74) is 9.18. The van der Waals surface area contributed by atoms with Gasteiger partial charge in [-0.2, -0.15) is 0 Å². The number of aryl methyl sites for hydroxylation is 2. The van der Waals surface area contributed by atoms with E-state index < -0.39 is 0 Å². The Morgan fingerprint density at radius 3 is 2.14 bits per heavy atom. The van der Waals surface area contributed by atoms with Gasteiger partial charge in [0.15, 0.2) is 11.4 Å². The summed E-state index contributed by atoms with van der Waals surface area (Å²) in [5.74, 6) is 0.899. The first kappa shape index (κ1) is 45.1. The number of allylic oxidation sites excluding steroid dienone is 2. The first-order valence-electron chi connectivity index (χ1n) is 20.2. The van der Waals surface area contributed by atoms with E-state index in [4.69, 9.17) is 9.40 Å². The minimum atomic E-state index is -0.337. The molecule has 3 aromatic heterocycles. The number of aliphatic hydroxyl groups is 1. The van der Waals surface area contributed by atoms with Crippen molar-refractivity contribution in [3.63, 3.8) is 0 Å². The summed E-state index contributed by atoms with van der Waals surface area (Å²) in [4.78, 5) is 18.7. The first-order chi connectivity index (χ1) is 25.9. The molecule has 4 nitrogen and oxygen atoms in total. The van der Waals surface area contributed by atoms with Crippen LogP contribution in [0.15, 0.2) is 77.1 Å². The molecular formula is C50H62IrNO3S-. The van der Waals surface area contributed by atoms with Crippen LogP contribution in [-0.4, -0.2) is 15.9 Å². The summed E-state index contributed by atoms with van der Waals surface area (Å²) in [6.07, 6.45) is 7.67. The zero-order valence-corrected chi connectivity index (χ0v) is 39.1. The SMILES string of the molecule is CCC(C)(CC)C(=O)/C=C(\O)C(C)(CC)CC.Cc1sc2ccc(-c3cc(-c4[c-]c5ccccc5c(C(C)(C)C)c4)nc4c(C)coc34)cc2c1CC(C)C.[Ir]. The average Bonchev–Trinajstić information content (AvgIpc) is 3.70. The maximum Gasteiger partial charge on any atom is 0.164 e. The maximum atomic E-state index is 12.2. The second-order valence-electron chi connectivity index (χ2n) is 17.4. The van der Waals surface area contributed by atoms with Gasteiger partial charge in [0.1, 0.15) is 11.3 Å². The van der Waals surface area contributed by atoms with Gasteiger partial charge in [-0.05, 0) is 85.9 Å². The fraction of sp³-hybridized carbons (Fsp3) is 0.440. The average molecular weight is 949 g/mol. The Hall–Kier alpha value is -3.57. The first-order valence-corrected chi connectivity index (χ1v) is 21.0. The second-order valence-corrected chi connectivity index (χ2v) is 18.7. The number of carbonyl (C=O) groups is 1. The van der Waals surface area contributed by atoms with E-state index in [1.165, 1.54) is 43.1 Å². The van der Waals surface area contributed by atoms with Crippen molar-refractivity contribution in [3.05, 3.63) is 100 Å². The zero-order valence-electron chi connectivity index (χ0n) is 35.9. The number of nitrogens with zero attached hydrogens (tertiary/aromatic N) is 1. The molecule has 0 amide bonds. The Bertz CT molecular complexity index is 2340. The van der Waals surface area contributed by atoms with Crippen LogP contribution in [0.5, 0.6) is 0 Å². The topological polar surface area (TPSA) is 63.3 Å². The van der Waals surface area contributed by atoms with Gasteiger partial charge in [0.2, 0.25) is 0 Å². The van der Waals surface area contributed by atoms with E-state index in [-0.39, 0.29) is 47.9 Å². The largest absolute Gasteiger partial charge is 0.512 e. The Labute approximate surface area is 353 Å². The van der Waals surface area contributed by atoms with Crippen LogP contribution in [-0.2, 0) is 36.7 Å². The number of hydrogen-bond donors (Lipinski definition) is 1. The van der Waals surface area contributed by atoms with Crippen LogP contribution >= 0.6 is 11.3 Å². The van der Waals surface area contributed by atoms with Crippen LogP contribution in [0.3, 0.4) is 0 Å². The van der Waals surface area contributed by atoms with Crippen LogP contribution in [0.2, 0.25) is 0 Å². The fourth-order valence-electron chi connectivity index (χ4n) is 7.25. The van der Waals surface area contributed by atoms with E-state index >= 15 is 0 Å². The molecule has 6 rings (SSSR count). The summed E-state index contributed by atoms with van der Waals surface area (Å²) < 4.78 is 7.46. The summed E-state index contributed by atoms with van der Waals surface area (Å²) in [6, 6.07) is 23.6. The van der Waals surface area contributed by atoms with E-state index in [0.717, 1.165) is 71.0 Å². The number of pyridine rings is 1. The Morgan fingerprint density at radius 1 is 0.893 bits per heavy atom. The van der Waals surface area contributed by atoms with E-state index in [9.17, 15) is 9.90 Å². The number of rotatable bonds is 11. The van der Waals surface area contributed by atoms with Crippen LogP contribution in [0.25, 0.3) is 54.3 Å². The molecule has 6 heteroatoms. The van der Waals surface area contributed by atoms with Gasteiger partial charge in [0.25, 0.3) is 0 Å². The third-order valence-corrected chi connectivity index (χ3v) is 13.2. The van der Waals surface area contributed by atoms with E-state index in [0.29, 0.717) is 5.92 Å². The van der Waals surface area contributed by atoms with Crippen molar-refractivity contribution in [2.75, 3.05) is 0 Å². The molecule has 0 unspecified atom stereocenters. The molecule has 0 aliphatic heterocycles. The summed E-state index contributed by atoms with van der Waals surface area (Å²) >= 11 is 1.90. The second kappa shape index (κ2) is 17.9. The minimum absolute atomic E-state index is 0. The third-order valence-electron chi connectivity index (χ3n) is 12.1. The van der Waals surface area contributed by atoms with Gasteiger partial charge < -0.3 is 9.52 Å². The third kappa shape index (κ3) is 9.25. The van der Waals surface area contributed by atoms with Gasteiger partial charge in [0.05, 0.1) is 6.26 Å². The smallest absolute Gasteiger partial charge is 0.164 e.